The fourth-order valence-corrected chi connectivity index (χ4v) is 3.10. The molecule has 0 amide bonds. The number of Topliss-reactive ketones (excluding diaryl/α,β-unsaturated/α-hetero) is 1. The minimum atomic E-state index is -0.565. The number of amidine groups is 1. The maximum absolute atomic E-state index is 14.3. The van der Waals surface area contributed by atoms with E-state index >= 15 is 0 Å². The van der Waals surface area contributed by atoms with E-state index in [0.717, 1.165) is 43.8 Å². The molecule has 1 aliphatic rings. The van der Waals surface area contributed by atoms with Crippen molar-refractivity contribution in [3.63, 3.8) is 0 Å². The second-order valence-electron chi connectivity index (χ2n) is 6.30. The van der Waals surface area contributed by atoms with E-state index in [9.17, 15) is 9.18 Å². The zero-order valence-corrected chi connectivity index (χ0v) is 17.1. The molecule has 1 heterocycles. The van der Waals surface area contributed by atoms with Crippen molar-refractivity contribution in [2.75, 3.05) is 25.1 Å². The van der Waals surface area contributed by atoms with Gasteiger partial charge in [0.25, 0.3) is 0 Å². The van der Waals surface area contributed by atoms with Gasteiger partial charge >= 0.3 is 0 Å². The highest BCUT2D eigenvalue weighted by Gasteiger charge is 2.21. The van der Waals surface area contributed by atoms with Gasteiger partial charge in [-0.05, 0) is 37.1 Å². The molecule has 0 aliphatic carbocycles. The number of ketones is 1. The fourth-order valence-electron chi connectivity index (χ4n) is 3.10. The molecule has 0 fully saturated rings. The van der Waals surface area contributed by atoms with Crippen LogP contribution in [0.5, 0.6) is 5.75 Å². The summed E-state index contributed by atoms with van der Waals surface area (Å²) in [6, 6.07) is 14.0. The first-order valence-electron chi connectivity index (χ1n) is 8.91. The van der Waals surface area contributed by atoms with Crippen LogP contribution in [0.4, 0.5) is 10.1 Å². The van der Waals surface area contributed by atoms with Crippen LogP contribution in [0.25, 0.3) is 0 Å². The summed E-state index contributed by atoms with van der Waals surface area (Å²) < 4.78 is 19.3. The van der Waals surface area contributed by atoms with E-state index < -0.39 is 5.82 Å². The number of nitrogens with zero attached hydrogens (tertiary/aromatic N) is 2. The topological polar surface area (TPSA) is 41.9 Å². The Morgan fingerprint density at radius 2 is 1.93 bits per heavy atom. The third-order valence-electron chi connectivity index (χ3n) is 4.51. The summed E-state index contributed by atoms with van der Waals surface area (Å²) in [4.78, 5) is 19.4. The average molecular weight is 435 g/mol. The molecule has 0 bridgehead atoms. The van der Waals surface area contributed by atoms with Crippen molar-refractivity contribution in [3.05, 3.63) is 59.9 Å². The largest absolute Gasteiger partial charge is 0.497 e. The molecule has 0 atom stereocenters. The number of hydrogen-bond donors (Lipinski definition) is 0. The van der Waals surface area contributed by atoms with Crippen LogP contribution in [0.2, 0.25) is 0 Å². The highest BCUT2D eigenvalue weighted by Crippen LogP contribution is 2.21. The van der Waals surface area contributed by atoms with Gasteiger partial charge in [0, 0.05) is 24.7 Å². The SMILES string of the molecule is Br.COc1ccc(C(=O)CN(C2=NCCCCC2)c2ccccc2)c(F)c1. The molecule has 27 heavy (non-hydrogen) atoms. The van der Waals surface area contributed by atoms with Gasteiger partial charge < -0.3 is 9.64 Å². The lowest BCUT2D eigenvalue weighted by molar-refractivity contribution is 0.0998. The van der Waals surface area contributed by atoms with Crippen LogP contribution in [-0.4, -0.2) is 31.8 Å². The molecule has 0 unspecified atom stereocenters. The van der Waals surface area contributed by atoms with Gasteiger partial charge in [0.2, 0.25) is 0 Å². The zero-order valence-electron chi connectivity index (χ0n) is 15.4. The molecule has 0 spiro atoms. The molecule has 2 aromatic carbocycles. The number of para-hydroxylation sites is 1. The summed E-state index contributed by atoms with van der Waals surface area (Å²) in [5, 5.41) is 0. The Bertz CT molecular complexity index is 796. The summed E-state index contributed by atoms with van der Waals surface area (Å²) in [6.45, 7) is 0.829. The Kier molecular flexibility index (Phi) is 7.98. The Morgan fingerprint density at radius 1 is 1.15 bits per heavy atom. The van der Waals surface area contributed by atoms with Crippen molar-refractivity contribution < 1.29 is 13.9 Å². The quantitative estimate of drug-likeness (QED) is 0.616. The minimum absolute atomic E-state index is 0. The molecular formula is C21H24BrFN2O2. The number of halogens is 2. The van der Waals surface area contributed by atoms with E-state index in [1.807, 2.05) is 35.2 Å². The number of carbonyl (C=O) groups excluding carboxylic acids is 1. The van der Waals surface area contributed by atoms with Gasteiger partial charge in [-0.15, -0.1) is 17.0 Å². The van der Waals surface area contributed by atoms with Gasteiger partial charge in [-0.2, -0.15) is 0 Å². The molecule has 3 rings (SSSR count). The van der Waals surface area contributed by atoms with Gasteiger partial charge in [-0.1, -0.05) is 24.6 Å². The maximum atomic E-state index is 14.3. The van der Waals surface area contributed by atoms with Crippen molar-refractivity contribution in [2.24, 2.45) is 4.99 Å². The van der Waals surface area contributed by atoms with E-state index in [2.05, 4.69) is 4.99 Å². The molecule has 0 saturated carbocycles. The van der Waals surface area contributed by atoms with E-state index in [0.29, 0.717) is 5.75 Å². The molecule has 0 N–H and O–H groups in total. The van der Waals surface area contributed by atoms with Crippen LogP contribution in [0.3, 0.4) is 0 Å². The monoisotopic (exact) mass is 434 g/mol. The smallest absolute Gasteiger partial charge is 0.185 e. The molecular weight excluding hydrogens is 411 g/mol. The molecule has 0 saturated heterocycles. The molecule has 144 valence electrons. The highest BCUT2D eigenvalue weighted by molar-refractivity contribution is 8.93. The Balaban J connectivity index is 0.00000261. The van der Waals surface area contributed by atoms with Crippen LogP contribution in [0.1, 0.15) is 36.0 Å². The lowest BCUT2D eigenvalue weighted by Gasteiger charge is -2.25. The first-order chi connectivity index (χ1) is 12.7. The lowest BCUT2D eigenvalue weighted by Crippen LogP contribution is -2.36. The maximum Gasteiger partial charge on any atom is 0.185 e. The Hall–Kier alpha value is -2.21. The Morgan fingerprint density at radius 3 is 2.63 bits per heavy atom. The van der Waals surface area contributed by atoms with Crippen molar-refractivity contribution in [1.29, 1.82) is 0 Å². The molecule has 0 radical (unpaired) electrons. The van der Waals surface area contributed by atoms with Gasteiger partial charge in [-0.25, -0.2) is 4.39 Å². The normalized spacial score (nSPS) is 13.8. The van der Waals surface area contributed by atoms with E-state index in [-0.39, 0.29) is 34.9 Å². The van der Waals surface area contributed by atoms with Crippen LogP contribution >= 0.6 is 17.0 Å². The van der Waals surface area contributed by atoms with Gasteiger partial charge in [0.05, 0.1) is 19.2 Å². The van der Waals surface area contributed by atoms with Gasteiger partial charge in [0.15, 0.2) is 5.78 Å². The first-order valence-corrected chi connectivity index (χ1v) is 8.91. The zero-order chi connectivity index (χ0) is 18.4. The predicted molar refractivity (Wildman–Crippen MR) is 112 cm³/mol. The van der Waals surface area contributed by atoms with Crippen molar-refractivity contribution in [3.8, 4) is 5.75 Å². The van der Waals surface area contributed by atoms with Crippen LogP contribution in [-0.2, 0) is 0 Å². The Labute approximate surface area is 169 Å². The van der Waals surface area contributed by atoms with Gasteiger partial charge in [-0.3, -0.25) is 9.79 Å². The van der Waals surface area contributed by atoms with Crippen LogP contribution < -0.4 is 9.64 Å². The number of hydrogen-bond acceptors (Lipinski definition) is 4. The second-order valence-corrected chi connectivity index (χ2v) is 6.30. The predicted octanol–water partition coefficient (Wildman–Crippen LogP) is 5.07. The third kappa shape index (κ3) is 5.39. The van der Waals surface area contributed by atoms with Crippen molar-refractivity contribution in [1.82, 2.24) is 0 Å². The fraction of sp³-hybridized carbons (Fsp3) is 0.333. The van der Waals surface area contributed by atoms with E-state index in [1.54, 1.807) is 6.07 Å². The van der Waals surface area contributed by atoms with Crippen LogP contribution in [0.15, 0.2) is 53.5 Å². The molecule has 0 aromatic heterocycles. The molecule has 1 aliphatic heterocycles. The third-order valence-corrected chi connectivity index (χ3v) is 4.51. The number of methoxy groups -OCH3 is 1. The standard InChI is InChI=1S/C21H23FN2O2.BrH/c1-26-17-11-12-18(19(22)14-17)20(25)15-24(16-8-4-2-5-9-16)21-10-6-3-7-13-23-21;/h2,4-5,8-9,11-12,14H,3,6-7,10,13,15H2,1H3;1H. The first kappa shape index (κ1) is 21.1. The summed E-state index contributed by atoms with van der Waals surface area (Å²) in [5.41, 5.74) is 0.969. The number of benzene rings is 2. The summed E-state index contributed by atoms with van der Waals surface area (Å²) in [5.74, 6) is 0.453. The van der Waals surface area contributed by atoms with Crippen molar-refractivity contribution >= 4 is 34.3 Å². The lowest BCUT2D eigenvalue weighted by atomic mass is 10.1. The molecule has 2 aromatic rings. The van der Waals surface area contributed by atoms with E-state index in [1.165, 1.54) is 19.2 Å². The number of anilines is 1. The van der Waals surface area contributed by atoms with Crippen LogP contribution in [0, 0.1) is 5.82 Å². The average Bonchev–Trinajstić information content (AvgIpc) is 2.95. The minimum Gasteiger partial charge on any atom is -0.497 e. The summed E-state index contributed by atoms with van der Waals surface area (Å²) >= 11 is 0. The number of ether oxygens (including phenoxy) is 1. The van der Waals surface area contributed by atoms with Gasteiger partial charge in [0.1, 0.15) is 17.4 Å². The molecule has 6 heteroatoms. The van der Waals surface area contributed by atoms with E-state index in [4.69, 9.17) is 4.74 Å². The molecule has 4 nitrogen and oxygen atoms in total. The number of carbonyl (C=O) groups is 1. The second kappa shape index (κ2) is 10.2. The highest BCUT2D eigenvalue weighted by atomic mass is 79.9. The summed E-state index contributed by atoms with van der Waals surface area (Å²) in [7, 11) is 1.47. The number of rotatable bonds is 5. The number of aliphatic imine (C=N–C) groups is 1. The summed E-state index contributed by atoms with van der Waals surface area (Å²) in [6.07, 6.45) is 4.07. The van der Waals surface area contributed by atoms with Crippen molar-refractivity contribution in [2.45, 2.75) is 25.7 Å².